The molecule has 5 rings (SSSR count). The maximum absolute atomic E-state index is 15.0. The van der Waals surface area contributed by atoms with Crippen LogP contribution in [0, 0.1) is 0 Å². The van der Waals surface area contributed by atoms with E-state index in [-0.39, 0.29) is 32.7 Å². The third-order valence-corrected chi connectivity index (χ3v) is 8.28. The van der Waals surface area contributed by atoms with Crippen molar-refractivity contribution in [2.45, 2.75) is 17.4 Å². The Bertz CT molecular complexity index is 1790. The van der Waals surface area contributed by atoms with E-state index < -0.39 is 33.3 Å². The predicted octanol–water partition coefficient (Wildman–Crippen LogP) is 6.30. The maximum Gasteiger partial charge on any atom is 0.352 e. The summed E-state index contributed by atoms with van der Waals surface area (Å²) in [6, 6.07) is 20.4. The minimum atomic E-state index is -4.29. The second-order valence-corrected chi connectivity index (χ2v) is 11.3. The highest BCUT2D eigenvalue weighted by Gasteiger charge is 2.53. The number of carbonyl (C=O) groups is 2. The molecule has 0 aliphatic carbocycles. The van der Waals surface area contributed by atoms with Gasteiger partial charge < -0.3 is 4.90 Å². The van der Waals surface area contributed by atoms with Crippen LogP contribution in [0.1, 0.15) is 16.7 Å². The summed E-state index contributed by atoms with van der Waals surface area (Å²) in [7, 11) is -4.29. The number of fused-ring (bicyclic) bond motifs is 2. The second-order valence-electron chi connectivity index (χ2n) is 8.77. The van der Waals surface area contributed by atoms with Gasteiger partial charge in [0.15, 0.2) is 0 Å². The molecule has 1 heterocycles. The molecule has 0 saturated carbocycles. The molecule has 0 atom stereocenters. The van der Waals surface area contributed by atoms with Gasteiger partial charge in [0.1, 0.15) is 0 Å². The zero-order valence-electron chi connectivity index (χ0n) is 19.9. The number of hydrogen-bond acceptors (Lipinski definition) is 4. The van der Waals surface area contributed by atoms with Gasteiger partial charge in [0.25, 0.3) is 15.9 Å². The lowest BCUT2D eigenvalue weighted by Crippen LogP contribution is -2.34. The summed E-state index contributed by atoms with van der Waals surface area (Å²) >= 11 is 11.7. The highest BCUT2D eigenvalue weighted by molar-refractivity contribution is 7.90. The van der Waals surface area contributed by atoms with Gasteiger partial charge in [-0.05, 0) is 52.2 Å². The lowest BCUT2D eigenvalue weighted by atomic mass is 10.0. The minimum Gasteiger partial charge on any atom is -0.301 e. The number of benzene rings is 4. The first-order valence-corrected chi connectivity index (χ1v) is 13.7. The Kier molecular flexibility index (Phi) is 6.92. The van der Waals surface area contributed by atoms with E-state index in [0.717, 1.165) is 33.9 Å². The minimum absolute atomic E-state index is 0.0144. The molecule has 1 aliphatic heterocycles. The smallest absolute Gasteiger partial charge is 0.301 e. The van der Waals surface area contributed by atoms with Gasteiger partial charge in [-0.25, -0.2) is 13.1 Å². The molecule has 198 valence electrons. The highest BCUT2D eigenvalue weighted by atomic mass is 35.5. The van der Waals surface area contributed by atoms with Gasteiger partial charge in [0.2, 0.25) is 0 Å². The summed E-state index contributed by atoms with van der Waals surface area (Å²) < 4.78 is 57.0. The average molecular weight is 587 g/mol. The lowest BCUT2D eigenvalue weighted by molar-refractivity contribution is -0.141. The summed E-state index contributed by atoms with van der Waals surface area (Å²) in [5, 5.41) is 1.98. The first-order valence-electron chi connectivity index (χ1n) is 11.5. The molecule has 0 saturated heterocycles. The summed E-state index contributed by atoms with van der Waals surface area (Å²) in [5.74, 6) is -6.19. The van der Waals surface area contributed by atoms with Crippen molar-refractivity contribution in [1.82, 2.24) is 4.72 Å². The number of carbonyl (C=O) groups excluding carboxylic acids is 2. The molecule has 11 heteroatoms. The summed E-state index contributed by atoms with van der Waals surface area (Å²) in [6.45, 7) is -0.130. The van der Waals surface area contributed by atoms with Gasteiger partial charge >= 0.3 is 11.8 Å². The Morgan fingerprint density at radius 2 is 1.67 bits per heavy atom. The largest absolute Gasteiger partial charge is 0.352 e. The first-order chi connectivity index (χ1) is 18.5. The van der Waals surface area contributed by atoms with Crippen LogP contribution in [0.2, 0.25) is 10.0 Å². The molecule has 1 aliphatic rings. The zero-order chi connectivity index (χ0) is 27.9. The fourth-order valence-corrected chi connectivity index (χ4v) is 5.68. The average Bonchev–Trinajstić information content (AvgIpc) is 3.09. The Morgan fingerprint density at radius 3 is 2.41 bits per heavy atom. The van der Waals surface area contributed by atoms with Crippen molar-refractivity contribution in [1.29, 1.82) is 0 Å². The van der Waals surface area contributed by atoms with E-state index in [9.17, 15) is 26.8 Å². The second kappa shape index (κ2) is 10.1. The fraction of sp³-hybridized carbons (Fsp3) is 0.0714. The summed E-state index contributed by atoms with van der Waals surface area (Å²) in [4.78, 5) is 26.0. The van der Waals surface area contributed by atoms with Crippen LogP contribution < -0.4 is 9.62 Å². The molecule has 0 fully saturated rings. The molecular weight excluding hydrogens is 569 g/mol. The number of sulfonamides is 1. The van der Waals surface area contributed by atoms with Gasteiger partial charge in [-0.2, -0.15) is 8.78 Å². The normalized spacial score (nSPS) is 14.7. The standard InChI is InChI=1S/C28H18Cl2F2N2O4S/c29-23-12-11-21(15-24(23)30)39(37,38)33-25(35)13-10-19-6-3-7-22-26(19)34(27(36)28(22,31)32)16-17-8-9-18-4-1-2-5-20(18)14-17/h1-15H,16H2,(H,33,35)/b13-10+. The third kappa shape index (κ3) is 5.13. The van der Waals surface area contributed by atoms with Crippen molar-refractivity contribution in [3.63, 3.8) is 0 Å². The van der Waals surface area contributed by atoms with Crippen molar-refractivity contribution in [2.75, 3.05) is 4.90 Å². The van der Waals surface area contributed by atoms with Crippen molar-refractivity contribution >= 4 is 67.6 Å². The van der Waals surface area contributed by atoms with Crippen molar-refractivity contribution in [2.24, 2.45) is 0 Å². The Hall–Kier alpha value is -3.79. The molecule has 0 unspecified atom stereocenters. The molecular formula is C28H18Cl2F2N2O4S. The van der Waals surface area contributed by atoms with E-state index in [1.54, 1.807) is 6.07 Å². The molecule has 4 aromatic carbocycles. The van der Waals surface area contributed by atoms with Crippen LogP contribution >= 0.6 is 23.2 Å². The van der Waals surface area contributed by atoms with Crippen molar-refractivity contribution in [3.8, 4) is 0 Å². The summed E-state index contributed by atoms with van der Waals surface area (Å²) in [6.07, 6.45) is 2.07. The number of para-hydroxylation sites is 1. The van der Waals surface area contributed by atoms with Crippen molar-refractivity contribution < 1.29 is 26.8 Å². The predicted molar refractivity (Wildman–Crippen MR) is 146 cm³/mol. The number of nitrogens with zero attached hydrogens (tertiary/aromatic N) is 1. The Morgan fingerprint density at radius 1 is 0.923 bits per heavy atom. The van der Waals surface area contributed by atoms with E-state index in [1.807, 2.05) is 41.1 Å². The van der Waals surface area contributed by atoms with E-state index in [2.05, 4.69) is 0 Å². The molecule has 0 bridgehead atoms. The van der Waals surface area contributed by atoms with Crippen molar-refractivity contribution in [3.05, 3.63) is 112 Å². The number of amides is 2. The fourth-order valence-electron chi connectivity index (χ4n) is 4.34. The van der Waals surface area contributed by atoms with E-state index >= 15 is 0 Å². The molecule has 39 heavy (non-hydrogen) atoms. The number of alkyl halides is 2. The van der Waals surface area contributed by atoms with Crippen LogP contribution in [-0.2, 0) is 32.1 Å². The highest BCUT2D eigenvalue weighted by Crippen LogP contribution is 2.47. The number of nitrogens with one attached hydrogen (secondary N) is 1. The van der Waals surface area contributed by atoms with E-state index in [0.29, 0.717) is 5.56 Å². The topological polar surface area (TPSA) is 83.6 Å². The molecule has 0 aromatic heterocycles. The van der Waals surface area contributed by atoms with Gasteiger partial charge in [0.05, 0.1) is 32.7 Å². The molecule has 0 radical (unpaired) electrons. The van der Waals surface area contributed by atoms with Crippen LogP contribution in [-0.4, -0.2) is 20.2 Å². The van der Waals surface area contributed by atoms with E-state index in [1.165, 1.54) is 30.3 Å². The van der Waals surface area contributed by atoms with Crippen LogP contribution in [0.5, 0.6) is 0 Å². The SMILES string of the molecule is O=C(/C=C/c1cccc2c1N(Cc1ccc3ccccc3c1)C(=O)C2(F)F)NS(=O)(=O)c1ccc(Cl)c(Cl)c1. The number of rotatable bonds is 6. The number of hydrogen-bond donors (Lipinski definition) is 1. The number of halogens is 4. The number of anilines is 1. The van der Waals surface area contributed by atoms with Crippen LogP contribution in [0.3, 0.4) is 0 Å². The molecule has 2 amide bonds. The van der Waals surface area contributed by atoms with Crippen LogP contribution in [0.25, 0.3) is 16.8 Å². The first kappa shape index (κ1) is 26.8. The van der Waals surface area contributed by atoms with E-state index in [4.69, 9.17) is 23.2 Å². The Balaban J connectivity index is 1.44. The van der Waals surface area contributed by atoms with Gasteiger partial charge in [-0.15, -0.1) is 0 Å². The lowest BCUT2D eigenvalue weighted by Gasteiger charge is -2.19. The molecule has 6 nitrogen and oxygen atoms in total. The van der Waals surface area contributed by atoms with Gasteiger partial charge in [0, 0.05) is 6.08 Å². The summed E-state index contributed by atoms with van der Waals surface area (Å²) in [5.41, 5.74) is 0.215. The molecule has 0 spiro atoms. The maximum atomic E-state index is 15.0. The zero-order valence-corrected chi connectivity index (χ0v) is 22.2. The van der Waals surface area contributed by atoms with Crippen LogP contribution in [0.15, 0.2) is 89.8 Å². The quantitative estimate of drug-likeness (QED) is 0.269. The Labute approximate surface area is 232 Å². The third-order valence-electron chi connectivity index (χ3n) is 6.19. The molecule has 1 N–H and O–H groups in total. The van der Waals surface area contributed by atoms with Crippen LogP contribution in [0.4, 0.5) is 14.5 Å². The van der Waals surface area contributed by atoms with Gasteiger partial charge in [-0.1, -0.05) is 77.8 Å². The van der Waals surface area contributed by atoms with Gasteiger partial charge in [-0.3, -0.25) is 9.59 Å². The molecule has 4 aromatic rings. The monoisotopic (exact) mass is 586 g/mol.